The summed E-state index contributed by atoms with van der Waals surface area (Å²) in [7, 11) is 0. The Bertz CT molecular complexity index is 726. The minimum Gasteiger partial charge on any atom is -0.480 e. The average molecular weight is 391 g/mol. The molecule has 2 aromatic heterocycles. The lowest BCUT2D eigenvalue weighted by Gasteiger charge is -2.31. The fourth-order valence-electron chi connectivity index (χ4n) is 2.64. The van der Waals surface area contributed by atoms with Crippen molar-refractivity contribution in [2.24, 2.45) is 0 Å². The number of carbonyl (C=O) groups is 2. The smallest absolute Gasteiger partial charge is 0.411 e. The number of hydrogen-bond donors (Lipinski definition) is 1. The molecule has 0 saturated carbocycles. The molecule has 1 atom stereocenters. The van der Waals surface area contributed by atoms with Crippen LogP contribution in [0.1, 0.15) is 37.6 Å². The zero-order valence-electron chi connectivity index (χ0n) is 15.9. The first kappa shape index (κ1) is 20.9. The first-order chi connectivity index (χ1) is 12.8. The number of ether oxygens (including phenoxy) is 1. The molecule has 0 spiro atoms. The highest BCUT2D eigenvalue weighted by Crippen LogP contribution is 2.19. The fourth-order valence-corrected chi connectivity index (χ4v) is 3.39. The van der Waals surface area contributed by atoms with Gasteiger partial charge in [0.05, 0.1) is 0 Å². The van der Waals surface area contributed by atoms with Crippen LogP contribution in [-0.4, -0.2) is 45.2 Å². The van der Waals surface area contributed by atoms with Crippen molar-refractivity contribution in [1.82, 2.24) is 9.88 Å². The zero-order chi connectivity index (χ0) is 19.9. The van der Waals surface area contributed by atoms with Crippen LogP contribution in [0.4, 0.5) is 4.79 Å². The summed E-state index contributed by atoms with van der Waals surface area (Å²) < 4.78 is 5.47. The largest absolute Gasteiger partial charge is 0.480 e. The Labute approximate surface area is 163 Å². The van der Waals surface area contributed by atoms with E-state index >= 15 is 0 Å². The molecule has 146 valence electrons. The molecule has 0 unspecified atom stereocenters. The number of aryl methyl sites for hydroxylation is 1. The van der Waals surface area contributed by atoms with Crippen molar-refractivity contribution in [2.75, 3.05) is 6.54 Å². The first-order valence-corrected chi connectivity index (χ1v) is 9.78. The highest BCUT2D eigenvalue weighted by molar-refractivity contribution is 7.09. The normalized spacial score (nSPS) is 12.4. The minimum absolute atomic E-state index is 0.263. The molecule has 7 heteroatoms. The van der Waals surface area contributed by atoms with Crippen molar-refractivity contribution in [1.29, 1.82) is 0 Å². The summed E-state index contributed by atoms with van der Waals surface area (Å²) in [6.45, 7) is 5.61. The van der Waals surface area contributed by atoms with Crippen LogP contribution in [-0.2, 0) is 22.4 Å². The maximum atomic E-state index is 12.7. The lowest BCUT2D eigenvalue weighted by atomic mass is 10.1. The van der Waals surface area contributed by atoms with Gasteiger partial charge >= 0.3 is 12.1 Å². The number of carbonyl (C=O) groups excluding carboxylic acids is 1. The summed E-state index contributed by atoms with van der Waals surface area (Å²) in [5, 5.41) is 11.6. The predicted octanol–water partition coefficient (Wildman–Crippen LogP) is 4.01. The second kappa shape index (κ2) is 9.50. The van der Waals surface area contributed by atoms with Gasteiger partial charge < -0.3 is 9.84 Å². The van der Waals surface area contributed by atoms with Gasteiger partial charge in [0.2, 0.25) is 0 Å². The lowest BCUT2D eigenvalue weighted by Crippen LogP contribution is -2.48. The highest BCUT2D eigenvalue weighted by Gasteiger charge is 2.33. The van der Waals surface area contributed by atoms with Crippen molar-refractivity contribution in [3.8, 4) is 0 Å². The van der Waals surface area contributed by atoms with Gasteiger partial charge in [0.25, 0.3) is 0 Å². The zero-order valence-corrected chi connectivity index (χ0v) is 16.7. The third kappa shape index (κ3) is 7.02. The van der Waals surface area contributed by atoms with E-state index in [2.05, 4.69) is 4.98 Å². The van der Waals surface area contributed by atoms with Crippen LogP contribution in [0.3, 0.4) is 0 Å². The summed E-state index contributed by atoms with van der Waals surface area (Å²) in [5.41, 5.74) is 0.358. The van der Waals surface area contributed by atoms with E-state index in [1.54, 1.807) is 33.2 Å². The molecule has 0 aromatic carbocycles. The average Bonchev–Trinajstić information content (AvgIpc) is 3.09. The first-order valence-electron chi connectivity index (χ1n) is 8.90. The van der Waals surface area contributed by atoms with Gasteiger partial charge in [-0.05, 0) is 56.7 Å². The summed E-state index contributed by atoms with van der Waals surface area (Å²) in [6, 6.07) is 6.61. The second-order valence-corrected chi connectivity index (χ2v) is 8.31. The maximum absolute atomic E-state index is 12.7. The number of carboxylic acid groups (broad SMARTS) is 1. The monoisotopic (exact) mass is 390 g/mol. The minimum atomic E-state index is -1.03. The van der Waals surface area contributed by atoms with E-state index in [1.165, 1.54) is 16.2 Å². The molecule has 0 bridgehead atoms. The quantitative estimate of drug-likeness (QED) is 0.737. The summed E-state index contributed by atoms with van der Waals surface area (Å²) in [5.74, 6) is -1.03. The topological polar surface area (TPSA) is 79.7 Å². The molecule has 0 aliphatic carbocycles. The van der Waals surface area contributed by atoms with Crippen LogP contribution in [0.2, 0.25) is 0 Å². The standard InChI is InChI=1S/C20H26N2O4S/c1-20(2,3)26-19(25)22(11-5-8-15-7-4-10-21-14-15)17(18(23)24)13-16-9-6-12-27-16/h4,6-7,9-10,12,14,17H,5,8,11,13H2,1-3H3,(H,23,24)/t17-/m0/s1. The van der Waals surface area contributed by atoms with E-state index < -0.39 is 23.7 Å². The molecule has 0 aliphatic rings. The Morgan fingerprint density at radius 3 is 2.63 bits per heavy atom. The maximum Gasteiger partial charge on any atom is 0.411 e. The second-order valence-electron chi connectivity index (χ2n) is 7.28. The number of nitrogens with zero attached hydrogens (tertiary/aromatic N) is 2. The van der Waals surface area contributed by atoms with Crippen LogP contribution in [0.5, 0.6) is 0 Å². The molecule has 1 amide bonds. The van der Waals surface area contributed by atoms with Crippen molar-refractivity contribution < 1.29 is 19.4 Å². The Hall–Kier alpha value is -2.41. The number of aliphatic carboxylic acids is 1. The van der Waals surface area contributed by atoms with Crippen LogP contribution in [0, 0.1) is 0 Å². The molecule has 0 radical (unpaired) electrons. The van der Waals surface area contributed by atoms with Crippen molar-refractivity contribution in [2.45, 2.75) is 51.7 Å². The Morgan fingerprint density at radius 2 is 2.07 bits per heavy atom. The third-order valence-electron chi connectivity index (χ3n) is 3.85. The van der Waals surface area contributed by atoms with E-state index in [9.17, 15) is 14.7 Å². The number of rotatable bonds is 8. The molecule has 2 rings (SSSR count). The highest BCUT2D eigenvalue weighted by atomic mass is 32.1. The molecular formula is C20H26N2O4S. The summed E-state index contributed by atoms with van der Waals surface area (Å²) in [6.07, 6.45) is 4.48. The number of amides is 1. The summed E-state index contributed by atoms with van der Waals surface area (Å²) >= 11 is 1.48. The molecule has 2 heterocycles. The molecule has 0 aliphatic heterocycles. The molecule has 0 fully saturated rings. The molecule has 1 N–H and O–H groups in total. The van der Waals surface area contributed by atoms with Gasteiger partial charge in [-0.2, -0.15) is 0 Å². The van der Waals surface area contributed by atoms with Gasteiger partial charge in [-0.3, -0.25) is 9.88 Å². The van der Waals surface area contributed by atoms with E-state index in [1.807, 2.05) is 29.6 Å². The van der Waals surface area contributed by atoms with Gasteiger partial charge in [0.15, 0.2) is 0 Å². The van der Waals surface area contributed by atoms with E-state index in [0.717, 1.165) is 10.4 Å². The number of aromatic nitrogens is 1. The van der Waals surface area contributed by atoms with Crippen LogP contribution >= 0.6 is 11.3 Å². The van der Waals surface area contributed by atoms with Crippen molar-refractivity contribution in [3.63, 3.8) is 0 Å². The number of thiophene rings is 1. The van der Waals surface area contributed by atoms with Gasteiger partial charge in [0, 0.05) is 30.2 Å². The Balaban J connectivity index is 2.13. The van der Waals surface area contributed by atoms with Gasteiger partial charge in [-0.25, -0.2) is 9.59 Å². The molecule has 6 nitrogen and oxygen atoms in total. The van der Waals surface area contributed by atoms with Crippen molar-refractivity contribution >= 4 is 23.4 Å². The lowest BCUT2D eigenvalue weighted by molar-refractivity contribution is -0.143. The molecule has 0 saturated heterocycles. The third-order valence-corrected chi connectivity index (χ3v) is 4.75. The number of pyridine rings is 1. The van der Waals surface area contributed by atoms with Gasteiger partial charge in [-0.15, -0.1) is 11.3 Å². The fraction of sp³-hybridized carbons (Fsp3) is 0.450. The predicted molar refractivity (Wildman–Crippen MR) is 105 cm³/mol. The van der Waals surface area contributed by atoms with Crippen LogP contribution in [0.15, 0.2) is 42.0 Å². The number of carboxylic acids is 1. The molecule has 2 aromatic rings. The van der Waals surface area contributed by atoms with Gasteiger partial charge in [-0.1, -0.05) is 12.1 Å². The molecular weight excluding hydrogens is 364 g/mol. The van der Waals surface area contributed by atoms with E-state index in [-0.39, 0.29) is 6.42 Å². The van der Waals surface area contributed by atoms with Crippen molar-refractivity contribution in [3.05, 3.63) is 52.5 Å². The van der Waals surface area contributed by atoms with Crippen LogP contribution < -0.4 is 0 Å². The SMILES string of the molecule is CC(C)(C)OC(=O)N(CCCc1cccnc1)[C@@H](Cc1cccs1)C(=O)O. The van der Waals surface area contributed by atoms with Crippen LogP contribution in [0.25, 0.3) is 0 Å². The van der Waals surface area contributed by atoms with E-state index in [4.69, 9.17) is 4.74 Å². The van der Waals surface area contributed by atoms with E-state index in [0.29, 0.717) is 19.4 Å². The van der Waals surface area contributed by atoms with Gasteiger partial charge in [0.1, 0.15) is 11.6 Å². The Morgan fingerprint density at radius 1 is 1.30 bits per heavy atom. The number of hydrogen-bond acceptors (Lipinski definition) is 5. The molecule has 27 heavy (non-hydrogen) atoms. The summed E-state index contributed by atoms with van der Waals surface area (Å²) in [4.78, 5) is 31.0. The Kier molecular flexibility index (Phi) is 7.36.